The molecule has 6 nitrogen and oxygen atoms in total. The van der Waals surface area contributed by atoms with Gasteiger partial charge in [0.15, 0.2) is 20.5 Å². The summed E-state index contributed by atoms with van der Waals surface area (Å²) in [7, 11) is -2.64. The molecule has 0 spiro atoms. The van der Waals surface area contributed by atoms with E-state index >= 15 is 0 Å². The summed E-state index contributed by atoms with van der Waals surface area (Å²) >= 11 is 5.89. The summed E-state index contributed by atoms with van der Waals surface area (Å²) in [4.78, 5) is 23.6. The van der Waals surface area contributed by atoms with Crippen LogP contribution in [0.4, 0.5) is 0 Å². The van der Waals surface area contributed by atoms with Crippen LogP contribution in [0.25, 0.3) is 17.0 Å². The second-order valence-electron chi connectivity index (χ2n) is 5.91. The Labute approximate surface area is 165 Å². The quantitative estimate of drug-likeness (QED) is 0.449. The van der Waals surface area contributed by atoms with Crippen LogP contribution in [-0.2, 0) is 14.6 Å². The lowest BCUT2D eigenvalue weighted by Gasteiger charge is -2.03. The molecule has 144 valence electrons. The average Bonchev–Trinajstić information content (AvgIpc) is 2.66. The highest BCUT2D eigenvalue weighted by Gasteiger charge is 2.23. The Morgan fingerprint density at radius 2 is 1.86 bits per heavy atom. The molecule has 3 rings (SSSR count). The van der Waals surface area contributed by atoms with Crippen LogP contribution in [-0.4, -0.2) is 27.1 Å². The number of carbonyl (C=O) groups is 1. The number of hydrogen-bond donors (Lipinski definition) is 0. The van der Waals surface area contributed by atoms with Crippen molar-refractivity contribution in [2.24, 2.45) is 0 Å². The molecule has 0 aliphatic heterocycles. The van der Waals surface area contributed by atoms with Crippen molar-refractivity contribution in [3.63, 3.8) is 0 Å². The Morgan fingerprint density at radius 1 is 1.14 bits per heavy atom. The molecule has 0 radical (unpaired) electrons. The molecular weight excluding hydrogens is 404 g/mol. The van der Waals surface area contributed by atoms with E-state index in [1.165, 1.54) is 37.5 Å². The molecule has 1 aromatic heterocycles. The highest BCUT2D eigenvalue weighted by molar-refractivity contribution is 7.92. The average molecular weight is 419 g/mol. The lowest BCUT2D eigenvalue weighted by Crippen LogP contribution is -2.20. The van der Waals surface area contributed by atoms with Crippen molar-refractivity contribution in [1.82, 2.24) is 0 Å². The highest BCUT2D eigenvalue weighted by Crippen LogP contribution is 2.21. The molecule has 0 saturated heterocycles. The van der Waals surface area contributed by atoms with Crippen LogP contribution in [0.5, 0.6) is 5.75 Å². The molecule has 1 heterocycles. The zero-order valence-corrected chi connectivity index (χ0v) is 16.3. The van der Waals surface area contributed by atoms with E-state index in [-0.39, 0.29) is 5.58 Å². The van der Waals surface area contributed by atoms with Crippen LogP contribution in [0.15, 0.2) is 68.7 Å². The fraction of sp³-hybridized carbons (Fsp3) is 0.100. The summed E-state index contributed by atoms with van der Waals surface area (Å²) in [6.45, 7) is 0. The Bertz CT molecular complexity index is 1220. The van der Waals surface area contributed by atoms with E-state index in [1.807, 2.05) is 0 Å². The fourth-order valence-corrected chi connectivity index (χ4v) is 3.92. The van der Waals surface area contributed by atoms with Gasteiger partial charge in [-0.25, -0.2) is 13.2 Å². The van der Waals surface area contributed by atoms with Crippen molar-refractivity contribution in [2.45, 2.75) is 4.90 Å². The number of fused-ring (bicyclic) bond motifs is 1. The number of benzene rings is 2. The molecule has 0 saturated carbocycles. The second kappa shape index (κ2) is 8.00. The normalized spacial score (nSPS) is 11.8. The van der Waals surface area contributed by atoms with Crippen LogP contribution in [0.3, 0.4) is 0 Å². The van der Waals surface area contributed by atoms with Gasteiger partial charge >= 0.3 is 5.63 Å². The smallest absolute Gasteiger partial charge is 0.355 e. The number of hydrogen-bond acceptors (Lipinski definition) is 6. The summed E-state index contributed by atoms with van der Waals surface area (Å²) in [5, 5.41) is 0.718. The van der Waals surface area contributed by atoms with E-state index in [2.05, 4.69) is 0 Å². The highest BCUT2D eigenvalue weighted by atomic mass is 35.5. The van der Waals surface area contributed by atoms with Crippen LogP contribution < -0.4 is 10.4 Å². The Balaban J connectivity index is 1.83. The van der Waals surface area contributed by atoms with Gasteiger partial charge in [-0.15, -0.1) is 0 Å². The van der Waals surface area contributed by atoms with Gasteiger partial charge in [0.2, 0.25) is 0 Å². The maximum atomic E-state index is 12.5. The van der Waals surface area contributed by atoms with E-state index in [0.717, 1.165) is 6.08 Å². The molecule has 0 bridgehead atoms. The number of rotatable bonds is 6. The summed E-state index contributed by atoms with van der Waals surface area (Å²) in [6, 6.07) is 12.5. The van der Waals surface area contributed by atoms with Gasteiger partial charge in [-0.2, -0.15) is 0 Å². The molecule has 3 aromatic rings. The summed E-state index contributed by atoms with van der Waals surface area (Å²) in [6.07, 6.45) is 2.64. The Hall–Kier alpha value is -2.90. The molecule has 2 aromatic carbocycles. The summed E-state index contributed by atoms with van der Waals surface area (Å²) < 4.78 is 35.1. The van der Waals surface area contributed by atoms with E-state index in [1.54, 1.807) is 24.3 Å². The first-order valence-corrected chi connectivity index (χ1v) is 10.1. The molecule has 0 unspecified atom stereocenters. The number of sulfone groups is 1. The van der Waals surface area contributed by atoms with E-state index in [9.17, 15) is 18.0 Å². The van der Waals surface area contributed by atoms with Gasteiger partial charge < -0.3 is 9.15 Å². The van der Waals surface area contributed by atoms with Crippen molar-refractivity contribution in [3.05, 3.63) is 75.6 Å². The summed E-state index contributed by atoms with van der Waals surface area (Å²) in [5.74, 6) is -0.855. The van der Waals surface area contributed by atoms with Crippen LogP contribution in [0, 0.1) is 0 Å². The number of carbonyl (C=O) groups excluding carboxylic acids is 1. The lowest BCUT2D eigenvalue weighted by atomic mass is 10.2. The Kier molecular flexibility index (Phi) is 5.67. The zero-order chi connectivity index (χ0) is 20.3. The maximum absolute atomic E-state index is 12.5. The van der Waals surface area contributed by atoms with Crippen molar-refractivity contribution in [3.8, 4) is 5.75 Å². The number of halogens is 1. The first-order valence-electron chi connectivity index (χ1n) is 8.09. The maximum Gasteiger partial charge on any atom is 0.355 e. The predicted octanol–water partition coefficient (Wildman–Crippen LogP) is 3.51. The molecule has 0 N–H and O–H groups in total. The molecule has 0 fully saturated rings. The first-order chi connectivity index (χ1) is 13.3. The number of methoxy groups -OCH3 is 1. The van der Waals surface area contributed by atoms with Crippen LogP contribution in [0.2, 0.25) is 5.02 Å². The molecule has 8 heteroatoms. The third kappa shape index (κ3) is 4.49. The molecule has 28 heavy (non-hydrogen) atoms. The minimum absolute atomic E-state index is 0.207. The summed E-state index contributed by atoms with van der Waals surface area (Å²) in [5.41, 5.74) is -0.118. The van der Waals surface area contributed by atoms with Crippen LogP contribution in [0.1, 0.15) is 5.56 Å². The number of ether oxygens (including phenoxy) is 1. The predicted molar refractivity (Wildman–Crippen MR) is 107 cm³/mol. The number of ketones is 1. The van der Waals surface area contributed by atoms with Gasteiger partial charge in [-0.3, -0.25) is 4.79 Å². The fourth-order valence-electron chi connectivity index (χ4n) is 2.51. The topological polar surface area (TPSA) is 90.7 Å². The monoisotopic (exact) mass is 418 g/mol. The molecule has 0 atom stereocenters. The van der Waals surface area contributed by atoms with Gasteiger partial charge in [-0.1, -0.05) is 29.8 Å². The van der Waals surface area contributed by atoms with E-state index in [0.29, 0.717) is 21.7 Å². The zero-order valence-electron chi connectivity index (χ0n) is 14.7. The Morgan fingerprint density at radius 3 is 2.54 bits per heavy atom. The van der Waals surface area contributed by atoms with Crippen LogP contribution >= 0.6 is 11.6 Å². The lowest BCUT2D eigenvalue weighted by molar-refractivity contribution is -0.112. The van der Waals surface area contributed by atoms with Gasteiger partial charge in [0, 0.05) is 10.4 Å². The second-order valence-corrected chi connectivity index (χ2v) is 8.31. The van der Waals surface area contributed by atoms with E-state index in [4.69, 9.17) is 20.8 Å². The third-order valence-electron chi connectivity index (χ3n) is 3.91. The van der Waals surface area contributed by atoms with Crippen molar-refractivity contribution < 1.29 is 22.4 Å². The SMILES string of the molecule is COc1ccc(C=CC(=O)CS(=O)(=O)c2cc3cc(Cl)ccc3oc2=O)cc1. The van der Waals surface area contributed by atoms with Gasteiger partial charge in [-0.05, 0) is 48.0 Å². The van der Waals surface area contributed by atoms with Gasteiger partial charge in [0.05, 0.1) is 7.11 Å². The van der Waals surface area contributed by atoms with Gasteiger partial charge in [0.25, 0.3) is 0 Å². The van der Waals surface area contributed by atoms with Gasteiger partial charge in [0.1, 0.15) is 17.1 Å². The molecule has 0 amide bonds. The van der Waals surface area contributed by atoms with E-state index < -0.39 is 31.9 Å². The molecular formula is C20H15ClO6S. The first kappa shape index (κ1) is 19.9. The standard InChI is InChI=1S/C20H15ClO6S/c1-26-17-7-3-13(4-8-17)2-6-16(22)12-28(24,25)19-11-14-10-15(21)5-9-18(14)27-20(19)23/h2-11H,12H2,1H3. The third-order valence-corrected chi connectivity index (χ3v) is 5.76. The minimum Gasteiger partial charge on any atom is -0.497 e. The van der Waals surface area contributed by atoms with Crippen molar-refractivity contribution >= 4 is 44.3 Å². The number of allylic oxidation sites excluding steroid dienone is 1. The minimum atomic E-state index is -4.18. The largest absolute Gasteiger partial charge is 0.497 e. The molecule has 0 aliphatic rings. The molecule has 0 aliphatic carbocycles. The van der Waals surface area contributed by atoms with Crippen molar-refractivity contribution in [2.75, 3.05) is 12.9 Å². The van der Waals surface area contributed by atoms with Crippen molar-refractivity contribution in [1.29, 1.82) is 0 Å².